The number of anilines is 1. The van der Waals surface area contributed by atoms with Crippen LogP contribution < -0.4 is 16.0 Å². The maximum atomic E-state index is 13.1. The van der Waals surface area contributed by atoms with Crippen molar-refractivity contribution < 1.29 is 18.3 Å². The third-order valence-electron chi connectivity index (χ3n) is 1.70. The molecule has 1 heterocycles. The van der Waals surface area contributed by atoms with Crippen LogP contribution >= 0.6 is 0 Å². The zero-order valence-corrected chi connectivity index (χ0v) is 8.80. The Bertz CT molecular complexity index is 350. The van der Waals surface area contributed by atoms with Gasteiger partial charge in [-0.05, 0) is 6.92 Å². The summed E-state index contributed by atoms with van der Waals surface area (Å²) in [6.45, 7) is 2.80. The van der Waals surface area contributed by atoms with Crippen molar-refractivity contribution in [1.29, 1.82) is 0 Å². The molecule has 16 heavy (non-hydrogen) atoms. The molecule has 7 heteroatoms. The summed E-state index contributed by atoms with van der Waals surface area (Å²) in [6, 6.07) is 0.651. The van der Waals surface area contributed by atoms with Crippen molar-refractivity contribution in [2.45, 2.75) is 6.92 Å². The van der Waals surface area contributed by atoms with Crippen molar-refractivity contribution in [3.63, 3.8) is 0 Å². The molecule has 3 N–H and O–H groups in total. The summed E-state index contributed by atoms with van der Waals surface area (Å²) in [5, 5.41) is 0. The summed E-state index contributed by atoms with van der Waals surface area (Å²) in [5.41, 5.74) is 2.00. The number of ether oxygens (including phenoxy) is 2. The molecule has 0 spiro atoms. The Labute approximate surface area is 91.5 Å². The lowest BCUT2D eigenvalue weighted by molar-refractivity contribution is 0.106. The summed E-state index contributed by atoms with van der Waals surface area (Å²) in [7, 11) is 0. The topological polar surface area (TPSA) is 69.4 Å². The van der Waals surface area contributed by atoms with Gasteiger partial charge in [0.1, 0.15) is 6.61 Å². The number of hydrazine groups is 1. The maximum Gasteiger partial charge on any atom is 0.252 e. The van der Waals surface area contributed by atoms with Crippen molar-refractivity contribution in [2.75, 3.05) is 25.2 Å². The lowest BCUT2D eigenvalue weighted by Gasteiger charge is -2.08. The van der Waals surface area contributed by atoms with Crippen molar-refractivity contribution in [1.82, 2.24) is 4.98 Å². The quantitative estimate of drug-likeness (QED) is 0.437. The van der Waals surface area contributed by atoms with E-state index in [1.54, 1.807) is 0 Å². The Balaban J connectivity index is 2.64. The number of pyridine rings is 1. The molecule has 5 nitrogen and oxygen atoms in total. The Hall–Kier alpha value is -1.47. The van der Waals surface area contributed by atoms with Crippen LogP contribution in [0, 0.1) is 11.6 Å². The zero-order chi connectivity index (χ0) is 12.0. The molecule has 0 fully saturated rings. The average Bonchev–Trinajstić information content (AvgIpc) is 2.27. The van der Waals surface area contributed by atoms with Crippen LogP contribution in [0.5, 0.6) is 5.88 Å². The molecular formula is C9H13F2N3O2. The second-order valence-electron chi connectivity index (χ2n) is 2.80. The highest BCUT2D eigenvalue weighted by Gasteiger charge is 2.11. The molecule has 0 saturated carbocycles. The molecule has 1 aromatic rings. The maximum absolute atomic E-state index is 13.1. The second-order valence-corrected chi connectivity index (χ2v) is 2.80. The van der Waals surface area contributed by atoms with E-state index < -0.39 is 11.6 Å². The van der Waals surface area contributed by atoms with E-state index in [0.717, 1.165) is 0 Å². The van der Waals surface area contributed by atoms with Crippen molar-refractivity contribution in [3.8, 4) is 5.88 Å². The summed E-state index contributed by atoms with van der Waals surface area (Å²) >= 11 is 0. The molecular weight excluding hydrogens is 220 g/mol. The zero-order valence-electron chi connectivity index (χ0n) is 8.80. The number of nitrogen functional groups attached to an aromatic ring is 1. The largest absolute Gasteiger partial charge is 0.473 e. The number of halogens is 2. The molecule has 1 rings (SSSR count). The number of aromatic nitrogens is 1. The Morgan fingerprint density at radius 2 is 2.12 bits per heavy atom. The summed E-state index contributed by atoms with van der Waals surface area (Å²) < 4.78 is 36.0. The third-order valence-corrected chi connectivity index (χ3v) is 1.70. The monoisotopic (exact) mass is 233 g/mol. The van der Waals surface area contributed by atoms with Gasteiger partial charge >= 0.3 is 0 Å². The fourth-order valence-corrected chi connectivity index (χ4v) is 0.994. The van der Waals surface area contributed by atoms with E-state index in [1.807, 2.05) is 12.3 Å². The standard InChI is InChI=1S/C9H13F2N3O2/c1-2-15-3-4-16-9-7(11)5-6(10)8(13-9)14-12/h5H,2-4,12H2,1H3,(H,13,14). The number of nitrogens with two attached hydrogens (primary N) is 1. The second kappa shape index (κ2) is 6.19. The van der Waals surface area contributed by atoms with E-state index in [9.17, 15) is 8.78 Å². The summed E-state index contributed by atoms with van der Waals surface area (Å²) in [5.74, 6) is 2.65. The van der Waals surface area contributed by atoms with Gasteiger partial charge in [0.15, 0.2) is 17.5 Å². The predicted octanol–water partition coefficient (Wildman–Crippen LogP) is 1.06. The van der Waals surface area contributed by atoms with Gasteiger partial charge in [-0.2, -0.15) is 4.98 Å². The lowest BCUT2D eigenvalue weighted by Crippen LogP contribution is -2.13. The Kier molecular flexibility index (Phi) is 4.87. The van der Waals surface area contributed by atoms with Crippen LogP contribution in [0.4, 0.5) is 14.6 Å². The third kappa shape index (κ3) is 3.28. The van der Waals surface area contributed by atoms with Crippen molar-refractivity contribution >= 4 is 5.82 Å². The van der Waals surface area contributed by atoms with Gasteiger partial charge < -0.3 is 14.9 Å². The van der Waals surface area contributed by atoms with Crippen molar-refractivity contribution in [2.24, 2.45) is 5.84 Å². The van der Waals surface area contributed by atoms with Gasteiger partial charge in [0, 0.05) is 12.7 Å². The molecule has 90 valence electrons. The van der Waals surface area contributed by atoms with E-state index >= 15 is 0 Å². The Morgan fingerprint density at radius 1 is 1.38 bits per heavy atom. The molecule has 0 saturated heterocycles. The van der Waals surface area contributed by atoms with E-state index in [1.165, 1.54) is 0 Å². The van der Waals surface area contributed by atoms with Crippen LogP contribution in [0.2, 0.25) is 0 Å². The predicted molar refractivity (Wildman–Crippen MR) is 54.0 cm³/mol. The molecule has 0 aliphatic rings. The smallest absolute Gasteiger partial charge is 0.252 e. The van der Waals surface area contributed by atoms with Gasteiger partial charge in [0.2, 0.25) is 0 Å². The molecule has 0 aliphatic carbocycles. The molecule has 0 amide bonds. The number of rotatable bonds is 6. The first-order valence-electron chi connectivity index (χ1n) is 4.72. The highest BCUT2D eigenvalue weighted by molar-refractivity contribution is 5.38. The van der Waals surface area contributed by atoms with Crippen molar-refractivity contribution in [3.05, 3.63) is 17.7 Å². The molecule has 0 unspecified atom stereocenters. The minimum atomic E-state index is -0.881. The highest BCUT2D eigenvalue weighted by Crippen LogP contribution is 2.19. The first-order chi connectivity index (χ1) is 7.69. The van der Waals surface area contributed by atoms with E-state index in [-0.39, 0.29) is 18.3 Å². The van der Waals surface area contributed by atoms with Crippen LogP contribution in [0.15, 0.2) is 6.07 Å². The van der Waals surface area contributed by atoms with E-state index in [4.69, 9.17) is 15.3 Å². The van der Waals surface area contributed by atoms with Crippen LogP contribution in [0.1, 0.15) is 6.92 Å². The lowest BCUT2D eigenvalue weighted by atomic mass is 10.4. The molecule has 0 bridgehead atoms. The Morgan fingerprint density at radius 3 is 2.75 bits per heavy atom. The van der Waals surface area contributed by atoms with Crippen LogP contribution in [-0.4, -0.2) is 24.8 Å². The van der Waals surface area contributed by atoms with E-state index in [2.05, 4.69) is 4.98 Å². The fraction of sp³-hybridized carbons (Fsp3) is 0.444. The van der Waals surface area contributed by atoms with Gasteiger partial charge in [-0.3, -0.25) is 0 Å². The summed E-state index contributed by atoms with van der Waals surface area (Å²) in [6.07, 6.45) is 0. The molecule has 0 aliphatic heterocycles. The van der Waals surface area contributed by atoms with Crippen LogP contribution in [0.3, 0.4) is 0 Å². The first kappa shape index (κ1) is 12.6. The number of hydrogen-bond donors (Lipinski definition) is 2. The fourth-order valence-electron chi connectivity index (χ4n) is 0.994. The normalized spacial score (nSPS) is 10.2. The summed E-state index contributed by atoms with van der Waals surface area (Å²) in [4.78, 5) is 3.52. The van der Waals surface area contributed by atoms with Gasteiger partial charge in [-0.25, -0.2) is 14.6 Å². The minimum Gasteiger partial charge on any atom is -0.473 e. The molecule has 0 aromatic carbocycles. The number of hydrogen-bond acceptors (Lipinski definition) is 5. The van der Waals surface area contributed by atoms with Gasteiger partial charge in [0.25, 0.3) is 5.88 Å². The molecule has 1 aromatic heterocycles. The van der Waals surface area contributed by atoms with Gasteiger partial charge in [0.05, 0.1) is 6.61 Å². The molecule has 0 radical (unpaired) electrons. The minimum absolute atomic E-state index is 0.132. The van der Waals surface area contributed by atoms with Crippen LogP contribution in [0.25, 0.3) is 0 Å². The number of nitrogens with one attached hydrogen (secondary N) is 1. The van der Waals surface area contributed by atoms with Crippen LogP contribution in [-0.2, 0) is 4.74 Å². The SMILES string of the molecule is CCOCCOc1nc(NN)c(F)cc1F. The average molecular weight is 233 g/mol. The highest BCUT2D eigenvalue weighted by atomic mass is 19.1. The van der Waals surface area contributed by atoms with Gasteiger partial charge in [-0.15, -0.1) is 0 Å². The van der Waals surface area contributed by atoms with E-state index in [0.29, 0.717) is 19.3 Å². The number of nitrogens with zero attached hydrogens (tertiary/aromatic N) is 1. The van der Waals surface area contributed by atoms with Gasteiger partial charge in [-0.1, -0.05) is 0 Å². The first-order valence-corrected chi connectivity index (χ1v) is 4.72. The molecule has 0 atom stereocenters.